The molecule has 8 heteroatoms. The Labute approximate surface area is 200 Å². The summed E-state index contributed by atoms with van der Waals surface area (Å²) in [5.41, 5.74) is -2.28. The Kier molecular flexibility index (Phi) is 5.64. The smallest absolute Gasteiger partial charge is 0.446 e. The van der Waals surface area contributed by atoms with E-state index in [2.05, 4.69) is 5.32 Å². The van der Waals surface area contributed by atoms with Crippen molar-refractivity contribution < 1.29 is 23.1 Å². The number of aryl methyl sites for hydroxylation is 1. The quantitative estimate of drug-likeness (QED) is 0.427. The van der Waals surface area contributed by atoms with Gasteiger partial charge in [0, 0.05) is 16.1 Å². The van der Waals surface area contributed by atoms with E-state index in [1.165, 1.54) is 37.5 Å². The third kappa shape index (κ3) is 4.46. The van der Waals surface area contributed by atoms with E-state index in [0.29, 0.717) is 17.8 Å². The van der Waals surface area contributed by atoms with Crippen LogP contribution in [0.15, 0.2) is 35.2 Å². The van der Waals surface area contributed by atoms with Gasteiger partial charge >= 0.3 is 5.51 Å². The van der Waals surface area contributed by atoms with Crippen molar-refractivity contribution in [3.8, 4) is 5.75 Å². The molecular weight excluding hydrogens is 471 g/mol. The number of phenolic OH excluding ortho intramolecular Hbond substituents is 1. The predicted octanol–water partition coefficient (Wildman–Crippen LogP) is 7.69. The first-order valence-corrected chi connectivity index (χ1v) is 12.4. The van der Waals surface area contributed by atoms with Gasteiger partial charge in [0.05, 0.1) is 10.6 Å². The minimum Gasteiger partial charge on any atom is -0.507 e. The Bertz CT molecular complexity index is 1080. The molecule has 4 aliphatic rings. The van der Waals surface area contributed by atoms with Gasteiger partial charge in [0.15, 0.2) is 0 Å². The summed E-state index contributed by atoms with van der Waals surface area (Å²) in [6, 6.07) is 7.58. The molecule has 4 saturated carbocycles. The Morgan fingerprint density at radius 3 is 2.24 bits per heavy atom. The van der Waals surface area contributed by atoms with Crippen LogP contribution in [0.3, 0.4) is 0 Å². The molecule has 0 heterocycles. The highest BCUT2D eigenvalue weighted by Crippen LogP contribution is 2.62. The first-order chi connectivity index (χ1) is 15.5. The molecule has 0 atom stereocenters. The predicted molar refractivity (Wildman–Crippen MR) is 124 cm³/mol. The molecule has 0 unspecified atom stereocenters. The molecule has 4 aliphatic carbocycles. The number of anilines is 1. The molecule has 0 saturated heterocycles. The first kappa shape index (κ1) is 22.9. The minimum absolute atomic E-state index is 0.0235. The fraction of sp³-hybridized carbons (Fsp3) is 0.480. The van der Waals surface area contributed by atoms with Crippen LogP contribution in [-0.2, 0) is 5.41 Å². The molecule has 3 nitrogen and oxygen atoms in total. The monoisotopic (exact) mass is 495 g/mol. The van der Waals surface area contributed by atoms with E-state index in [1.54, 1.807) is 6.07 Å². The summed E-state index contributed by atoms with van der Waals surface area (Å²) < 4.78 is 37.9. The molecule has 0 radical (unpaired) electrons. The molecule has 1 amide bonds. The van der Waals surface area contributed by atoms with Crippen LogP contribution >= 0.6 is 23.4 Å². The number of carbonyl (C=O) groups is 1. The van der Waals surface area contributed by atoms with Crippen LogP contribution in [0.5, 0.6) is 5.75 Å². The van der Waals surface area contributed by atoms with Crippen molar-refractivity contribution >= 4 is 35.0 Å². The van der Waals surface area contributed by atoms with Crippen LogP contribution < -0.4 is 5.32 Å². The molecule has 176 valence electrons. The van der Waals surface area contributed by atoms with Crippen molar-refractivity contribution in [3.63, 3.8) is 0 Å². The molecule has 2 N–H and O–H groups in total. The number of aromatic hydroxyl groups is 1. The minimum atomic E-state index is -4.45. The third-order valence-corrected chi connectivity index (χ3v) is 8.76. The fourth-order valence-electron chi connectivity index (χ4n) is 6.78. The number of alkyl halides is 3. The lowest BCUT2D eigenvalue weighted by atomic mass is 9.48. The summed E-state index contributed by atoms with van der Waals surface area (Å²) in [6.07, 6.45) is 7.02. The van der Waals surface area contributed by atoms with Gasteiger partial charge in [0.25, 0.3) is 5.91 Å². The lowest BCUT2D eigenvalue weighted by molar-refractivity contribution is -0.0328. The largest absolute Gasteiger partial charge is 0.507 e. The number of carbonyl (C=O) groups excluding carboxylic acids is 1. The first-order valence-electron chi connectivity index (χ1n) is 11.2. The number of phenols is 1. The van der Waals surface area contributed by atoms with Crippen LogP contribution in [0, 0.1) is 24.7 Å². The summed E-state index contributed by atoms with van der Waals surface area (Å²) in [4.78, 5) is 13.0. The summed E-state index contributed by atoms with van der Waals surface area (Å²) in [7, 11) is 0. The van der Waals surface area contributed by atoms with Gasteiger partial charge < -0.3 is 10.4 Å². The normalized spacial score (nSPS) is 28.2. The van der Waals surface area contributed by atoms with Gasteiger partial charge in [-0.3, -0.25) is 4.79 Å². The number of rotatable bonds is 4. The van der Waals surface area contributed by atoms with Crippen molar-refractivity contribution in [1.82, 2.24) is 0 Å². The van der Waals surface area contributed by atoms with Crippen LogP contribution in [0.1, 0.15) is 60.0 Å². The van der Waals surface area contributed by atoms with Crippen LogP contribution in [0.25, 0.3) is 0 Å². The molecule has 2 aromatic rings. The second-order valence-corrected chi connectivity index (χ2v) is 11.6. The highest BCUT2D eigenvalue weighted by Gasteiger charge is 2.52. The van der Waals surface area contributed by atoms with Crippen LogP contribution in [0.2, 0.25) is 5.02 Å². The van der Waals surface area contributed by atoms with Crippen molar-refractivity contribution in [1.29, 1.82) is 0 Å². The second kappa shape index (κ2) is 8.12. The molecule has 4 fully saturated rings. The van der Waals surface area contributed by atoms with Gasteiger partial charge in [0.2, 0.25) is 0 Å². The third-order valence-electron chi connectivity index (χ3n) is 7.52. The summed E-state index contributed by atoms with van der Waals surface area (Å²) >= 11 is 5.70. The molecule has 2 aromatic carbocycles. The highest BCUT2D eigenvalue weighted by molar-refractivity contribution is 8.00. The van der Waals surface area contributed by atoms with Crippen LogP contribution in [0.4, 0.5) is 18.9 Å². The fourth-order valence-corrected chi connectivity index (χ4v) is 7.62. The van der Waals surface area contributed by atoms with E-state index in [4.69, 9.17) is 11.6 Å². The van der Waals surface area contributed by atoms with Gasteiger partial charge in [-0.2, -0.15) is 13.2 Å². The topological polar surface area (TPSA) is 49.3 Å². The lowest BCUT2D eigenvalue weighted by Crippen LogP contribution is -2.48. The maximum absolute atomic E-state index is 13.1. The van der Waals surface area contributed by atoms with E-state index >= 15 is 0 Å². The van der Waals surface area contributed by atoms with E-state index in [9.17, 15) is 23.1 Å². The highest BCUT2D eigenvalue weighted by atomic mass is 35.5. The average molecular weight is 496 g/mol. The summed E-state index contributed by atoms with van der Waals surface area (Å²) in [5.74, 6) is 1.61. The standard InChI is InChI=1S/C25H25ClF3NO2S/c1-13-4-18(23(32)30-17-2-3-21(20(26)9-17)33-25(27,28)29)22(31)19(5-13)24-10-14-6-15(11-24)8-16(7-14)12-24/h2-5,9,14-16,31H,6-8,10-12H2,1H3,(H,30,32). The Balaban J connectivity index is 1.42. The number of nitrogens with one attached hydrogen (secondary N) is 1. The maximum Gasteiger partial charge on any atom is 0.446 e. The zero-order valence-electron chi connectivity index (χ0n) is 18.1. The molecule has 6 rings (SSSR count). The van der Waals surface area contributed by atoms with E-state index in [0.717, 1.165) is 30.4 Å². The number of hydrogen-bond acceptors (Lipinski definition) is 3. The van der Waals surface area contributed by atoms with Crippen molar-refractivity contribution in [2.75, 3.05) is 5.32 Å². The van der Waals surface area contributed by atoms with E-state index in [1.807, 2.05) is 13.0 Å². The van der Waals surface area contributed by atoms with E-state index in [-0.39, 0.29) is 44.1 Å². The lowest BCUT2D eigenvalue weighted by Gasteiger charge is -2.57. The zero-order valence-corrected chi connectivity index (χ0v) is 19.7. The number of thioether (sulfide) groups is 1. The molecule has 0 aromatic heterocycles. The van der Waals surface area contributed by atoms with Crippen molar-refractivity contribution in [3.05, 3.63) is 52.0 Å². The molecule has 0 spiro atoms. The van der Waals surface area contributed by atoms with Gasteiger partial charge in [-0.05, 0) is 110 Å². The SMILES string of the molecule is Cc1cc(C(=O)Nc2ccc(SC(F)(F)F)c(Cl)c2)c(O)c(C23CC4CC(CC(C4)C2)C3)c1. The molecule has 33 heavy (non-hydrogen) atoms. The van der Waals surface area contributed by atoms with Gasteiger partial charge in [-0.15, -0.1) is 0 Å². The average Bonchev–Trinajstić information content (AvgIpc) is 2.69. The maximum atomic E-state index is 13.1. The Morgan fingerprint density at radius 1 is 1.09 bits per heavy atom. The number of amides is 1. The summed E-state index contributed by atoms with van der Waals surface area (Å²) in [6.45, 7) is 1.92. The summed E-state index contributed by atoms with van der Waals surface area (Å²) in [5, 5.41) is 13.8. The number of hydrogen-bond donors (Lipinski definition) is 2. The molecule has 0 aliphatic heterocycles. The van der Waals surface area contributed by atoms with Gasteiger partial charge in [0.1, 0.15) is 5.75 Å². The van der Waals surface area contributed by atoms with Gasteiger partial charge in [-0.1, -0.05) is 17.7 Å². The molecular formula is C25H25ClF3NO2S. The number of halogens is 4. The Morgan fingerprint density at radius 2 is 1.70 bits per heavy atom. The van der Waals surface area contributed by atoms with Crippen LogP contribution in [-0.4, -0.2) is 16.5 Å². The van der Waals surface area contributed by atoms with E-state index < -0.39 is 11.4 Å². The van der Waals surface area contributed by atoms with Crippen molar-refractivity contribution in [2.45, 2.75) is 61.3 Å². The molecule has 4 bridgehead atoms. The second-order valence-electron chi connectivity index (χ2n) is 10.1. The van der Waals surface area contributed by atoms with Gasteiger partial charge in [-0.25, -0.2) is 0 Å². The Hall–Kier alpha value is -1.86. The van der Waals surface area contributed by atoms with Crippen molar-refractivity contribution in [2.24, 2.45) is 17.8 Å². The zero-order chi connectivity index (χ0) is 23.5. The number of benzene rings is 2.